The molecule has 3 heterocycles. The molecule has 2 saturated heterocycles. The molecule has 2 aliphatic rings. The summed E-state index contributed by atoms with van der Waals surface area (Å²) in [5.41, 5.74) is 4.88. The number of aromatic nitrogens is 1. The van der Waals surface area contributed by atoms with Gasteiger partial charge in [-0.3, -0.25) is 20.4 Å². The topological polar surface area (TPSA) is 139 Å². The first-order chi connectivity index (χ1) is 15.9. The third kappa shape index (κ3) is 6.06. The molecule has 1 atom stereocenters. The summed E-state index contributed by atoms with van der Waals surface area (Å²) in [6, 6.07) is 5.57. The molecule has 1 aromatic heterocycles. The first-order valence-electron chi connectivity index (χ1n) is 10.5. The van der Waals surface area contributed by atoms with E-state index in [1.54, 1.807) is 5.38 Å². The number of thiazole rings is 1. The normalized spacial score (nSPS) is 18.8. The molecule has 0 bridgehead atoms. The van der Waals surface area contributed by atoms with E-state index < -0.39 is 21.8 Å². The van der Waals surface area contributed by atoms with E-state index in [1.807, 2.05) is 4.90 Å². The zero-order valence-electron chi connectivity index (χ0n) is 17.8. The first-order valence-corrected chi connectivity index (χ1v) is 12.9. The van der Waals surface area contributed by atoms with Crippen LogP contribution >= 0.6 is 11.3 Å². The zero-order chi connectivity index (χ0) is 23.3. The predicted octanol–water partition coefficient (Wildman–Crippen LogP) is 0.512. The molecule has 11 nitrogen and oxygen atoms in total. The van der Waals surface area contributed by atoms with Crippen molar-refractivity contribution in [3.05, 3.63) is 40.9 Å². The van der Waals surface area contributed by atoms with Crippen LogP contribution in [0.25, 0.3) is 0 Å². The number of hydrogen-bond donors (Lipinski definition) is 3. The van der Waals surface area contributed by atoms with E-state index in [1.165, 1.54) is 35.6 Å². The summed E-state index contributed by atoms with van der Waals surface area (Å²) in [5, 5.41) is 2.32. The van der Waals surface area contributed by atoms with Gasteiger partial charge in [-0.2, -0.15) is 0 Å². The molecule has 2 aliphatic heterocycles. The van der Waals surface area contributed by atoms with Crippen LogP contribution in [0.4, 0.5) is 5.13 Å². The second-order valence-corrected chi connectivity index (χ2v) is 10.1. The van der Waals surface area contributed by atoms with Crippen molar-refractivity contribution in [3.8, 4) is 0 Å². The Morgan fingerprint density at radius 1 is 1.15 bits per heavy atom. The second kappa shape index (κ2) is 10.6. The fourth-order valence-corrected chi connectivity index (χ4v) is 5.39. The number of hydrogen-bond acceptors (Lipinski definition) is 9. The molecule has 2 amide bonds. The van der Waals surface area contributed by atoms with Crippen molar-refractivity contribution in [3.63, 3.8) is 0 Å². The number of carbonyl (C=O) groups is 2. The van der Waals surface area contributed by atoms with Gasteiger partial charge in [-0.1, -0.05) is 6.07 Å². The highest BCUT2D eigenvalue weighted by Gasteiger charge is 2.22. The van der Waals surface area contributed by atoms with Crippen LogP contribution in [0.1, 0.15) is 33.7 Å². The van der Waals surface area contributed by atoms with Gasteiger partial charge in [0.05, 0.1) is 24.2 Å². The Morgan fingerprint density at radius 3 is 2.70 bits per heavy atom. The van der Waals surface area contributed by atoms with Gasteiger partial charge in [-0.15, -0.1) is 11.3 Å². The predicted molar refractivity (Wildman–Crippen MR) is 121 cm³/mol. The fraction of sp³-hybridized carbons (Fsp3) is 0.450. The maximum absolute atomic E-state index is 12.6. The highest BCUT2D eigenvalue weighted by Crippen LogP contribution is 2.21. The molecule has 0 spiro atoms. The van der Waals surface area contributed by atoms with Crippen LogP contribution in [-0.2, 0) is 19.5 Å². The molecule has 13 heteroatoms. The lowest BCUT2D eigenvalue weighted by molar-refractivity contribution is 0.0844. The Kier molecular flexibility index (Phi) is 7.55. The molecule has 4 rings (SSSR count). The Morgan fingerprint density at radius 2 is 1.94 bits per heavy atom. The van der Waals surface area contributed by atoms with E-state index in [2.05, 4.69) is 20.6 Å². The van der Waals surface area contributed by atoms with Crippen LogP contribution in [0.15, 0.2) is 34.5 Å². The Bertz CT molecular complexity index is 1090. The average molecular weight is 496 g/mol. The molecule has 1 unspecified atom stereocenters. The standard InChI is InChI=1S/C20H25N5O6S2/c26-18(23-24-19(27)17-13-32-20(22-17)25-6-9-30-10-7-25)14-3-1-5-16(11-14)33(28,29)21-12-15-4-2-8-31-15/h1,3,5,11,13,15,21H,2,4,6-10,12H2,(H,23,26)(H,24,27). The van der Waals surface area contributed by atoms with Gasteiger partial charge in [0.15, 0.2) is 5.13 Å². The van der Waals surface area contributed by atoms with Crippen LogP contribution in [0.5, 0.6) is 0 Å². The maximum Gasteiger partial charge on any atom is 0.289 e. The zero-order valence-corrected chi connectivity index (χ0v) is 19.4. The summed E-state index contributed by atoms with van der Waals surface area (Å²) in [6.07, 6.45) is 1.57. The molecule has 3 N–H and O–H groups in total. The Balaban J connectivity index is 1.33. The fourth-order valence-electron chi connectivity index (χ4n) is 3.41. The summed E-state index contributed by atoms with van der Waals surface area (Å²) in [6.45, 7) is 3.42. The number of hydrazine groups is 1. The molecule has 2 fully saturated rings. The molecular formula is C20H25N5O6S2. The summed E-state index contributed by atoms with van der Waals surface area (Å²) >= 11 is 1.34. The Labute approximate surface area is 195 Å². The SMILES string of the molecule is O=C(NNC(=O)c1csc(N2CCOCC2)n1)c1cccc(S(=O)(=O)NCC2CCCO2)c1. The highest BCUT2D eigenvalue weighted by atomic mass is 32.2. The summed E-state index contributed by atoms with van der Waals surface area (Å²) in [5.74, 6) is -1.22. The van der Waals surface area contributed by atoms with Gasteiger partial charge in [0.25, 0.3) is 11.8 Å². The van der Waals surface area contributed by atoms with E-state index in [0.29, 0.717) is 38.0 Å². The van der Waals surface area contributed by atoms with Crippen molar-refractivity contribution in [2.45, 2.75) is 23.8 Å². The number of ether oxygens (including phenoxy) is 2. The van der Waals surface area contributed by atoms with E-state index in [4.69, 9.17) is 9.47 Å². The molecule has 2 aromatic rings. The molecule has 178 valence electrons. The molecule has 0 aliphatic carbocycles. The lowest BCUT2D eigenvalue weighted by Crippen LogP contribution is -2.42. The lowest BCUT2D eigenvalue weighted by atomic mass is 10.2. The number of morpholine rings is 1. The molecule has 33 heavy (non-hydrogen) atoms. The monoisotopic (exact) mass is 495 g/mol. The number of benzene rings is 1. The minimum absolute atomic E-state index is 0.0471. The average Bonchev–Trinajstić information content (AvgIpc) is 3.54. The highest BCUT2D eigenvalue weighted by molar-refractivity contribution is 7.89. The third-order valence-corrected chi connectivity index (χ3v) is 7.55. The van der Waals surface area contributed by atoms with E-state index in [0.717, 1.165) is 12.8 Å². The second-order valence-electron chi connectivity index (χ2n) is 7.54. The van der Waals surface area contributed by atoms with Crippen LogP contribution in [0, 0.1) is 0 Å². The van der Waals surface area contributed by atoms with E-state index in [9.17, 15) is 18.0 Å². The number of nitrogens with one attached hydrogen (secondary N) is 3. The van der Waals surface area contributed by atoms with Crippen LogP contribution in [0.3, 0.4) is 0 Å². The van der Waals surface area contributed by atoms with Crippen molar-refractivity contribution in [1.29, 1.82) is 0 Å². The van der Waals surface area contributed by atoms with Crippen LogP contribution < -0.4 is 20.5 Å². The van der Waals surface area contributed by atoms with Gasteiger partial charge in [0.2, 0.25) is 10.0 Å². The van der Waals surface area contributed by atoms with E-state index >= 15 is 0 Å². The number of carbonyl (C=O) groups excluding carboxylic acids is 2. The lowest BCUT2D eigenvalue weighted by Gasteiger charge is -2.25. The first kappa shape index (κ1) is 23.6. The van der Waals surface area contributed by atoms with Gasteiger partial charge in [-0.05, 0) is 31.0 Å². The maximum atomic E-state index is 12.6. The van der Waals surface area contributed by atoms with Crippen molar-refractivity contribution in [1.82, 2.24) is 20.6 Å². The number of rotatable bonds is 7. The van der Waals surface area contributed by atoms with Gasteiger partial charge >= 0.3 is 0 Å². The summed E-state index contributed by atoms with van der Waals surface area (Å²) < 4.78 is 38.4. The van der Waals surface area contributed by atoms with Crippen molar-refractivity contribution in [2.75, 3.05) is 44.4 Å². The number of amides is 2. The smallest absolute Gasteiger partial charge is 0.289 e. The molecule has 0 radical (unpaired) electrons. The van der Waals surface area contributed by atoms with Crippen molar-refractivity contribution >= 4 is 38.3 Å². The largest absolute Gasteiger partial charge is 0.378 e. The van der Waals surface area contributed by atoms with Gasteiger partial charge < -0.3 is 14.4 Å². The molecular weight excluding hydrogens is 470 g/mol. The van der Waals surface area contributed by atoms with Gasteiger partial charge in [0.1, 0.15) is 5.69 Å². The summed E-state index contributed by atoms with van der Waals surface area (Å²) in [4.78, 5) is 31.1. The summed E-state index contributed by atoms with van der Waals surface area (Å²) in [7, 11) is -3.81. The van der Waals surface area contributed by atoms with Gasteiger partial charge in [0, 0.05) is 37.2 Å². The minimum atomic E-state index is -3.81. The van der Waals surface area contributed by atoms with E-state index in [-0.39, 0.29) is 28.8 Å². The minimum Gasteiger partial charge on any atom is -0.378 e. The van der Waals surface area contributed by atoms with Crippen LogP contribution in [0.2, 0.25) is 0 Å². The molecule has 0 saturated carbocycles. The van der Waals surface area contributed by atoms with Gasteiger partial charge in [-0.25, -0.2) is 18.1 Å². The third-order valence-electron chi connectivity index (χ3n) is 5.23. The quantitative estimate of drug-likeness (QED) is 0.473. The number of anilines is 1. The molecule has 1 aromatic carbocycles. The Hall–Kier alpha value is -2.58. The van der Waals surface area contributed by atoms with Crippen molar-refractivity contribution < 1.29 is 27.5 Å². The number of sulfonamides is 1. The van der Waals surface area contributed by atoms with Crippen molar-refractivity contribution in [2.24, 2.45) is 0 Å². The van der Waals surface area contributed by atoms with Crippen LogP contribution in [-0.4, -0.2) is 70.8 Å². The number of nitrogens with zero attached hydrogens (tertiary/aromatic N) is 2.